The predicted molar refractivity (Wildman–Crippen MR) is 134 cm³/mol. The molecule has 1 aromatic heterocycles. The molecular formula is C24H31ClN6O3. The summed E-state index contributed by atoms with van der Waals surface area (Å²) in [5, 5.41) is 15.1. The number of benzene rings is 1. The highest BCUT2D eigenvalue weighted by atomic mass is 35.5. The molecule has 4 rings (SSSR count). The largest absolute Gasteiger partial charge is 0.369 e. The second-order valence-corrected chi connectivity index (χ2v) is 9.40. The van der Waals surface area contributed by atoms with Crippen molar-refractivity contribution in [3.8, 4) is 0 Å². The van der Waals surface area contributed by atoms with Crippen molar-refractivity contribution in [3.05, 3.63) is 57.2 Å². The second kappa shape index (κ2) is 11.0. The number of nitro groups is 1. The Morgan fingerprint density at radius 1 is 1.15 bits per heavy atom. The maximum Gasteiger partial charge on any atom is 0.290 e. The quantitative estimate of drug-likeness (QED) is 0.472. The van der Waals surface area contributed by atoms with E-state index in [1.807, 2.05) is 17.0 Å². The number of halogens is 1. The predicted octanol–water partition coefficient (Wildman–Crippen LogP) is 3.57. The number of aromatic nitrogens is 1. The van der Waals surface area contributed by atoms with Crippen molar-refractivity contribution in [2.45, 2.75) is 32.2 Å². The lowest BCUT2D eigenvalue weighted by Crippen LogP contribution is -2.48. The molecule has 0 bridgehead atoms. The Morgan fingerprint density at radius 2 is 1.82 bits per heavy atom. The van der Waals surface area contributed by atoms with Gasteiger partial charge in [-0.2, -0.15) is 0 Å². The Balaban J connectivity index is 1.16. The van der Waals surface area contributed by atoms with Gasteiger partial charge in [0.1, 0.15) is 12.0 Å². The zero-order chi connectivity index (χ0) is 24.1. The van der Waals surface area contributed by atoms with E-state index in [9.17, 15) is 14.9 Å². The van der Waals surface area contributed by atoms with Gasteiger partial charge >= 0.3 is 0 Å². The molecule has 0 unspecified atom stereocenters. The standard InChI is InChI=1S/C24H31ClN6O3/c1-18-16-23(26-17-22(18)31(33)34)27-20-6-10-30(11-7-20)24(32)8-9-28-12-14-29(15-13-28)21-4-2-19(25)3-5-21/h2-5,16-17,20H,6-15H2,1H3,(H,26,27). The molecule has 0 aliphatic carbocycles. The van der Waals surface area contributed by atoms with E-state index in [2.05, 4.69) is 32.2 Å². The number of piperidine rings is 1. The van der Waals surface area contributed by atoms with E-state index in [0.717, 1.165) is 50.6 Å². The van der Waals surface area contributed by atoms with E-state index in [0.29, 0.717) is 30.9 Å². The molecular weight excluding hydrogens is 456 g/mol. The van der Waals surface area contributed by atoms with E-state index in [1.54, 1.807) is 13.0 Å². The van der Waals surface area contributed by atoms with Gasteiger partial charge in [-0.1, -0.05) is 11.6 Å². The van der Waals surface area contributed by atoms with Crippen molar-refractivity contribution in [2.75, 3.05) is 56.0 Å². The van der Waals surface area contributed by atoms with Gasteiger partial charge in [0.15, 0.2) is 0 Å². The van der Waals surface area contributed by atoms with Crippen LogP contribution in [0.15, 0.2) is 36.5 Å². The number of hydrogen-bond acceptors (Lipinski definition) is 7. The average Bonchev–Trinajstić information content (AvgIpc) is 2.84. The summed E-state index contributed by atoms with van der Waals surface area (Å²) >= 11 is 5.98. The molecule has 34 heavy (non-hydrogen) atoms. The smallest absolute Gasteiger partial charge is 0.290 e. The molecule has 2 fully saturated rings. The van der Waals surface area contributed by atoms with Crippen LogP contribution in [0.2, 0.25) is 5.02 Å². The molecule has 0 atom stereocenters. The molecule has 1 N–H and O–H groups in total. The number of nitrogens with one attached hydrogen (secondary N) is 1. The van der Waals surface area contributed by atoms with Crippen LogP contribution in [0.5, 0.6) is 0 Å². The van der Waals surface area contributed by atoms with Gasteiger partial charge in [-0.25, -0.2) is 4.98 Å². The number of anilines is 2. The minimum absolute atomic E-state index is 0.0253. The molecule has 0 radical (unpaired) electrons. The van der Waals surface area contributed by atoms with Crippen LogP contribution in [0.3, 0.4) is 0 Å². The molecule has 9 nitrogen and oxygen atoms in total. The van der Waals surface area contributed by atoms with Crippen LogP contribution in [0.1, 0.15) is 24.8 Å². The molecule has 0 saturated carbocycles. The van der Waals surface area contributed by atoms with Crippen LogP contribution in [0.25, 0.3) is 0 Å². The summed E-state index contributed by atoms with van der Waals surface area (Å²) in [6.45, 7) is 7.72. The lowest BCUT2D eigenvalue weighted by Gasteiger charge is -2.37. The number of rotatable bonds is 7. The minimum atomic E-state index is -0.421. The first-order valence-corrected chi connectivity index (χ1v) is 12.1. The highest BCUT2D eigenvalue weighted by Gasteiger charge is 2.24. The van der Waals surface area contributed by atoms with E-state index in [-0.39, 0.29) is 17.6 Å². The summed E-state index contributed by atoms with van der Waals surface area (Å²) in [6, 6.07) is 9.87. The lowest BCUT2D eigenvalue weighted by molar-refractivity contribution is -0.385. The molecule has 10 heteroatoms. The SMILES string of the molecule is Cc1cc(NC2CCN(C(=O)CCN3CCN(c4ccc(Cl)cc4)CC3)CC2)ncc1[N+](=O)[O-]. The van der Waals surface area contributed by atoms with Gasteiger partial charge < -0.3 is 15.1 Å². The van der Waals surface area contributed by atoms with Crippen LogP contribution in [0, 0.1) is 17.0 Å². The summed E-state index contributed by atoms with van der Waals surface area (Å²) in [5.41, 5.74) is 1.80. The van der Waals surface area contributed by atoms with Crippen molar-refractivity contribution >= 4 is 34.7 Å². The van der Waals surface area contributed by atoms with Gasteiger partial charge in [-0.05, 0) is 50.1 Å². The topological polar surface area (TPSA) is 94.9 Å². The first-order valence-electron chi connectivity index (χ1n) is 11.8. The Labute approximate surface area is 204 Å². The van der Waals surface area contributed by atoms with Crippen LogP contribution in [0.4, 0.5) is 17.2 Å². The van der Waals surface area contributed by atoms with E-state index < -0.39 is 4.92 Å². The summed E-state index contributed by atoms with van der Waals surface area (Å²) in [6.07, 6.45) is 3.51. The maximum absolute atomic E-state index is 12.7. The van der Waals surface area contributed by atoms with Crippen molar-refractivity contribution in [1.82, 2.24) is 14.8 Å². The fourth-order valence-corrected chi connectivity index (χ4v) is 4.72. The van der Waals surface area contributed by atoms with Crippen LogP contribution in [-0.4, -0.2) is 77.5 Å². The van der Waals surface area contributed by atoms with E-state index in [1.165, 1.54) is 11.9 Å². The van der Waals surface area contributed by atoms with Gasteiger partial charge in [0.25, 0.3) is 5.69 Å². The number of carbonyl (C=O) groups is 1. The zero-order valence-corrected chi connectivity index (χ0v) is 20.2. The third-order valence-corrected chi connectivity index (χ3v) is 6.94. The minimum Gasteiger partial charge on any atom is -0.369 e. The first-order chi connectivity index (χ1) is 16.4. The number of nitrogens with zero attached hydrogens (tertiary/aromatic N) is 5. The molecule has 2 aliphatic heterocycles. The highest BCUT2D eigenvalue weighted by molar-refractivity contribution is 6.30. The number of pyridine rings is 1. The van der Waals surface area contributed by atoms with Gasteiger partial charge in [0.2, 0.25) is 5.91 Å². The Kier molecular flexibility index (Phi) is 7.84. The van der Waals surface area contributed by atoms with Crippen LogP contribution >= 0.6 is 11.6 Å². The Morgan fingerprint density at radius 3 is 2.44 bits per heavy atom. The summed E-state index contributed by atoms with van der Waals surface area (Å²) in [5.74, 6) is 0.855. The number of carbonyl (C=O) groups excluding carboxylic acids is 1. The highest BCUT2D eigenvalue weighted by Crippen LogP contribution is 2.22. The third kappa shape index (κ3) is 6.15. The van der Waals surface area contributed by atoms with Crippen molar-refractivity contribution in [3.63, 3.8) is 0 Å². The number of aryl methyl sites for hydroxylation is 1. The number of amides is 1. The molecule has 2 saturated heterocycles. The maximum atomic E-state index is 12.7. The molecule has 3 heterocycles. The monoisotopic (exact) mass is 486 g/mol. The molecule has 1 amide bonds. The van der Waals surface area contributed by atoms with Crippen molar-refractivity contribution < 1.29 is 9.72 Å². The van der Waals surface area contributed by atoms with Gasteiger partial charge in [-0.15, -0.1) is 0 Å². The number of piperazine rings is 1. The number of likely N-dealkylation sites (tertiary alicyclic amines) is 1. The van der Waals surface area contributed by atoms with Gasteiger partial charge in [0.05, 0.1) is 4.92 Å². The molecule has 0 spiro atoms. The lowest BCUT2D eigenvalue weighted by atomic mass is 10.0. The molecule has 2 aromatic rings. The average molecular weight is 487 g/mol. The van der Waals surface area contributed by atoms with Crippen LogP contribution < -0.4 is 10.2 Å². The fourth-order valence-electron chi connectivity index (χ4n) is 4.59. The molecule has 182 valence electrons. The van der Waals surface area contributed by atoms with E-state index in [4.69, 9.17) is 11.6 Å². The van der Waals surface area contributed by atoms with Gasteiger partial charge in [-0.3, -0.25) is 19.8 Å². The van der Waals surface area contributed by atoms with Crippen molar-refractivity contribution in [1.29, 1.82) is 0 Å². The molecule has 2 aliphatic rings. The zero-order valence-electron chi connectivity index (χ0n) is 19.5. The van der Waals surface area contributed by atoms with Crippen LogP contribution in [-0.2, 0) is 4.79 Å². The van der Waals surface area contributed by atoms with E-state index >= 15 is 0 Å². The second-order valence-electron chi connectivity index (χ2n) is 8.97. The first kappa shape index (κ1) is 24.2. The number of hydrogen-bond donors (Lipinski definition) is 1. The summed E-state index contributed by atoms with van der Waals surface area (Å²) < 4.78 is 0. The molecule has 1 aromatic carbocycles. The summed E-state index contributed by atoms with van der Waals surface area (Å²) in [7, 11) is 0. The normalized spacial score (nSPS) is 17.6. The van der Waals surface area contributed by atoms with Crippen molar-refractivity contribution in [2.24, 2.45) is 0 Å². The van der Waals surface area contributed by atoms with Gasteiger partial charge in [0, 0.05) is 74.5 Å². The Bertz CT molecular complexity index is 1000. The fraction of sp³-hybridized carbons (Fsp3) is 0.500. The summed E-state index contributed by atoms with van der Waals surface area (Å²) in [4.78, 5) is 34.1. The Hall–Kier alpha value is -2.91. The third-order valence-electron chi connectivity index (χ3n) is 6.69.